The van der Waals surface area contributed by atoms with Crippen LogP contribution in [0.3, 0.4) is 0 Å². The second kappa shape index (κ2) is 8.78. The molecule has 3 rings (SSSR count). The van der Waals surface area contributed by atoms with Crippen molar-refractivity contribution < 1.29 is 9.18 Å². The second-order valence-corrected chi connectivity index (χ2v) is 6.03. The quantitative estimate of drug-likeness (QED) is 0.856. The Kier molecular flexibility index (Phi) is 6.73. The highest BCUT2D eigenvalue weighted by atomic mass is 35.5. The third-order valence-corrected chi connectivity index (χ3v) is 4.15. The summed E-state index contributed by atoms with van der Waals surface area (Å²) in [5.41, 5.74) is 0.814. The molecule has 1 aromatic carbocycles. The molecule has 134 valence electrons. The zero-order chi connectivity index (χ0) is 16.9. The van der Waals surface area contributed by atoms with Gasteiger partial charge in [-0.05, 0) is 49.2 Å². The summed E-state index contributed by atoms with van der Waals surface area (Å²) in [6.45, 7) is 1.26. The van der Waals surface area contributed by atoms with Gasteiger partial charge in [-0.3, -0.25) is 9.59 Å². The van der Waals surface area contributed by atoms with Gasteiger partial charge in [0.05, 0.1) is 6.54 Å². The van der Waals surface area contributed by atoms with Crippen LogP contribution in [0.2, 0.25) is 0 Å². The number of nitrogens with one attached hydrogen (secondary N) is 2. The number of hydrogen-bond donors (Lipinski definition) is 2. The van der Waals surface area contributed by atoms with Crippen LogP contribution in [0.4, 0.5) is 10.1 Å². The Morgan fingerprint density at radius 1 is 1.28 bits per heavy atom. The number of carbonyl (C=O) groups is 1. The van der Waals surface area contributed by atoms with Crippen LogP contribution < -0.4 is 16.2 Å². The average Bonchev–Trinajstić information content (AvgIpc) is 3.06. The molecule has 1 unspecified atom stereocenters. The van der Waals surface area contributed by atoms with Gasteiger partial charge in [0.15, 0.2) is 0 Å². The van der Waals surface area contributed by atoms with E-state index in [9.17, 15) is 14.0 Å². The summed E-state index contributed by atoms with van der Waals surface area (Å²) < 4.78 is 14.5. The molecule has 1 atom stereocenters. The molecule has 0 aliphatic carbocycles. The number of pyridine rings is 1. The molecule has 0 spiro atoms. The van der Waals surface area contributed by atoms with Crippen molar-refractivity contribution in [2.75, 3.05) is 11.9 Å². The van der Waals surface area contributed by atoms with Gasteiger partial charge in [0.2, 0.25) is 5.91 Å². The Balaban J connectivity index is 0.00000225. The van der Waals surface area contributed by atoms with E-state index in [2.05, 4.69) is 10.6 Å². The highest BCUT2D eigenvalue weighted by Gasteiger charge is 2.18. The number of carbonyl (C=O) groups excluding carboxylic acids is 1. The Labute approximate surface area is 151 Å². The number of amides is 1. The highest BCUT2D eigenvalue weighted by molar-refractivity contribution is 5.90. The summed E-state index contributed by atoms with van der Waals surface area (Å²) in [6, 6.07) is 9.51. The molecule has 25 heavy (non-hydrogen) atoms. The van der Waals surface area contributed by atoms with Crippen molar-refractivity contribution in [3.05, 3.63) is 64.3 Å². The van der Waals surface area contributed by atoms with E-state index in [1.807, 2.05) is 0 Å². The molecule has 1 saturated heterocycles. The largest absolute Gasteiger partial charge is 0.321 e. The van der Waals surface area contributed by atoms with Gasteiger partial charge in [0, 0.05) is 18.7 Å². The Morgan fingerprint density at radius 3 is 2.72 bits per heavy atom. The van der Waals surface area contributed by atoms with Crippen LogP contribution in [0, 0.1) is 5.82 Å². The van der Waals surface area contributed by atoms with Crippen molar-refractivity contribution in [3.63, 3.8) is 0 Å². The number of halogens is 2. The number of hydrogen-bond acceptors (Lipinski definition) is 3. The second-order valence-electron chi connectivity index (χ2n) is 6.03. The highest BCUT2D eigenvalue weighted by Crippen LogP contribution is 2.10. The molecule has 5 nitrogen and oxygen atoms in total. The third kappa shape index (κ3) is 5.14. The van der Waals surface area contributed by atoms with Crippen LogP contribution in [-0.4, -0.2) is 23.1 Å². The maximum atomic E-state index is 13.0. The number of benzene rings is 1. The lowest BCUT2D eigenvalue weighted by atomic mass is 10.1. The van der Waals surface area contributed by atoms with Gasteiger partial charge < -0.3 is 15.2 Å². The fourth-order valence-electron chi connectivity index (χ4n) is 2.90. The van der Waals surface area contributed by atoms with Crippen molar-refractivity contribution in [1.29, 1.82) is 0 Å². The molecule has 1 aromatic heterocycles. The number of rotatable bonds is 5. The maximum Gasteiger partial charge on any atom is 0.274 e. The third-order valence-electron chi connectivity index (χ3n) is 4.15. The van der Waals surface area contributed by atoms with Crippen molar-refractivity contribution in [3.8, 4) is 0 Å². The van der Waals surface area contributed by atoms with Crippen LogP contribution in [0.5, 0.6) is 0 Å². The van der Waals surface area contributed by atoms with Gasteiger partial charge in [-0.15, -0.1) is 12.4 Å². The summed E-state index contributed by atoms with van der Waals surface area (Å²) in [4.78, 5) is 24.6. The Hall–Kier alpha value is -2.18. The fraction of sp³-hybridized carbons (Fsp3) is 0.333. The first-order valence-corrected chi connectivity index (χ1v) is 8.09. The number of nitrogens with zero attached hydrogens (tertiary/aromatic N) is 1. The molecule has 2 N–H and O–H groups in total. The standard InChI is InChI=1S/C18H20FN3O2.ClH/c19-14-7-5-13(6-8-14)12-22-10-2-4-16(18(22)24)21-17(23)11-15-3-1-9-20-15;/h2,4-8,10,15,20H,1,3,9,11-12H2,(H,21,23);1H. The van der Waals surface area contributed by atoms with Crippen molar-refractivity contribution in [1.82, 2.24) is 9.88 Å². The van der Waals surface area contributed by atoms with E-state index in [4.69, 9.17) is 0 Å². The minimum Gasteiger partial charge on any atom is -0.321 e. The predicted molar refractivity (Wildman–Crippen MR) is 97.7 cm³/mol. The fourth-order valence-corrected chi connectivity index (χ4v) is 2.90. The van der Waals surface area contributed by atoms with E-state index in [0.29, 0.717) is 13.0 Å². The van der Waals surface area contributed by atoms with E-state index in [0.717, 1.165) is 24.9 Å². The molecule has 1 aliphatic heterocycles. The number of aromatic nitrogens is 1. The van der Waals surface area contributed by atoms with Gasteiger partial charge in [0.25, 0.3) is 5.56 Å². The van der Waals surface area contributed by atoms with Gasteiger partial charge >= 0.3 is 0 Å². The molecule has 1 aliphatic rings. The molecule has 0 saturated carbocycles. The van der Waals surface area contributed by atoms with Crippen LogP contribution >= 0.6 is 12.4 Å². The number of anilines is 1. The lowest BCUT2D eigenvalue weighted by molar-refractivity contribution is -0.116. The molecule has 1 fully saturated rings. The monoisotopic (exact) mass is 365 g/mol. The van der Waals surface area contributed by atoms with Crippen LogP contribution in [0.25, 0.3) is 0 Å². The van der Waals surface area contributed by atoms with Crippen molar-refractivity contribution >= 4 is 24.0 Å². The lowest BCUT2D eigenvalue weighted by Gasteiger charge is -2.12. The minimum absolute atomic E-state index is 0. The molecule has 7 heteroatoms. The van der Waals surface area contributed by atoms with Crippen LogP contribution in [0.15, 0.2) is 47.4 Å². The van der Waals surface area contributed by atoms with Gasteiger partial charge in [-0.2, -0.15) is 0 Å². The van der Waals surface area contributed by atoms with Crippen molar-refractivity contribution in [2.24, 2.45) is 0 Å². The lowest BCUT2D eigenvalue weighted by Crippen LogP contribution is -2.30. The molecule has 2 heterocycles. The molecular formula is C18H21ClFN3O2. The van der Waals surface area contributed by atoms with E-state index in [1.54, 1.807) is 30.5 Å². The van der Waals surface area contributed by atoms with E-state index in [-0.39, 0.29) is 41.4 Å². The Morgan fingerprint density at radius 2 is 2.04 bits per heavy atom. The molecular weight excluding hydrogens is 345 g/mol. The molecule has 0 bridgehead atoms. The normalized spacial score (nSPS) is 16.3. The smallest absolute Gasteiger partial charge is 0.274 e. The van der Waals surface area contributed by atoms with E-state index < -0.39 is 0 Å². The molecule has 2 aromatic rings. The van der Waals surface area contributed by atoms with E-state index >= 15 is 0 Å². The summed E-state index contributed by atoms with van der Waals surface area (Å²) in [7, 11) is 0. The van der Waals surface area contributed by atoms with Gasteiger partial charge in [-0.1, -0.05) is 12.1 Å². The van der Waals surface area contributed by atoms with Gasteiger partial charge in [-0.25, -0.2) is 4.39 Å². The summed E-state index contributed by atoms with van der Waals surface area (Å²) in [6.07, 6.45) is 4.08. The summed E-state index contributed by atoms with van der Waals surface area (Å²) in [5.74, 6) is -0.473. The molecule has 1 amide bonds. The predicted octanol–water partition coefficient (Wildman–Crippen LogP) is 2.54. The topological polar surface area (TPSA) is 63.1 Å². The SMILES string of the molecule is Cl.O=C(CC1CCCN1)Nc1cccn(Cc2ccc(F)cc2)c1=O. The van der Waals surface area contributed by atoms with Crippen LogP contribution in [-0.2, 0) is 11.3 Å². The zero-order valence-corrected chi connectivity index (χ0v) is 14.5. The molecule has 0 radical (unpaired) electrons. The summed E-state index contributed by atoms with van der Waals surface area (Å²) >= 11 is 0. The first-order chi connectivity index (χ1) is 11.6. The maximum absolute atomic E-state index is 13.0. The van der Waals surface area contributed by atoms with Crippen molar-refractivity contribution in [2.45, 2.75) is 31.8 Å². The Bertz CT molecular complexity index is 771. The van der Waals surface area contributed by atoms with Gasteiger partial charge in [0.1, 0.15) is 11.5 Å². The first-order valence-electron chi connectivity index (χ1n) is 8.09. The van der Waals surface area contributed by atoms with Crippen LogP contribution in [0.1, 0.15) is 24.8 Å². The first kappa shape index (κ1) is 19.1. The summed E-state index contributed by atoms with van der Waals surface area (Å²) in [5, 5.41) is 5.96. The minimum atomic E-state index is -0.312. The average molecular weight is 366 g/mol. The zero-order valence-electron chi connectivity index (χ0n) is 13.7. The van der Waals surface area contributed by atoms with E-state index in [1.165, 1.54) is 16.7 Å².